The molecule has 0 bridgehead atoms. The van der Waals surface area contributed by atoms with E-state index in [0.29, 0.717) is 5.02 Å². The van der Waals surface area contributed by atoms with E-state index in [1.165, 1.54) is 5.56 Å². The van der Waals surface area contributed by atoms with Crippen molar-refractivity contribution in [3.63, 3.8) is 0 Å². The van der Waals surface area contributed by atoms with Gasteiger partial charge in [0.05, 0.1) is 5.02 Å². The van der Waals surface area contributed by atoms with E-state index in [0.717, 1.165) is 24.9 Å². The SMILES string of the molecule is CCC(N)Cc1ccn(Cc2ccncc2Cl)c1. The highest BCUT2D eigenvalue weighted by Gasteiger charge is 2.05. The van der Waals surface area contributed by atoms with Crippen LogP contribution in [0.4, 0.5) is 0 Å². The Morgan fingerprint density at radius 3 is 3.00 bits per heavy atom. The molecule has 0 aliphatic rings. The average molecular weight is 264 g/mol. The molecule has 0 amide bonds. The Balaban J connectivity index is 2.05. The van der Waals surface area contributed by atoms with Gasteiger partial charge in [-0.15, -0.1) is 0 Å². The van der Waals surface area contributed by atoms with Crippen LogP contribution in [0.1, 0.15) is 24.5 Å². The number of aromatic nitrogens is 2. The van der Waals surface area contributed by atoms with Gasteiger partial charge < -0.3 is 10.3 Å². The van der Waals surface area contributed by atoms with Gasteiger partial charge in [0, 0.05) is 37.4 Å². The molecule has 0 fully saturated rings. The van der Waals surface area contributed by atoms with Gasteiger partial charge in [0.25, 0.3) is 0 Å². The van der Waals surface area contributed by atoms with Gasteiger partial charge in [-0.2, -0.15) is 0 Å². The van der Waals surface area contributed by atoms with E-state index in [2.05, 4.69) is 34.9 Å². The second-order valence-electron chi connectivity index (χ2n) is 4.53. The van der Waals surface area contributed by atoms with Crippen molar-refractivity contribution in [1.82, 2.24) is 9.55 Å². The number of hydrogen-bond donors (Lipinski definition) is 1. The Labute approximate surface area is 113 Å². The predicted molar refractivity (Wildman–Crippen MR) is 74.8 cm³/mol. The molecule has 96 valence electrons. The first-order valence-electron chi connectivity index (χ1n) is 6.17. The Hall–Kier alpha value is -1.32. The molecule has 4 heteroatoms. The van der Waals surface area contributed by atoms with Crippen LogP contribution in [0.2, 0.25) is 5.02 Å². The molecule has 2 N–H and O–H groups in total. The monoisotopic (exact) mass is 263 g/mol. The smallest absolute Gasteiger partial charge is 0.0639 e. The van der Waals surface area contributed by atoms with E-state index < -0.39 is 0 Å². The topological polar surface area (TPSA) is 43.8 Å². The summed E-state index contributed by atoms with van der Waals surface area (Å²) in [7, 11) is 0. The van der Waals surface area contributed by atoms with Crippen LogP contribution in [0.25, 0.3) is 0 Å². The number of nitrogens with two attached hydrogens (primary N) is 1. The molecule has 2 aromatic heterocycles. The largest absolute Gasteiger partial charge is 0.350 e. The van der Waals surface area contributed by atoms with Crippen LogP contribution in [0, 0.1) is 0 Å². The molecule has 2 heterocycles. The van der Waals surface area contributed by atoms with Gasteiger partial charge in [0.2, 0.25) is 0 Å². The van der Waals surface area contributed by atoms with Crippen LogP contribution < -0.4 is 5.73 Å². The fourth-order valence-electron chi connectivity index (χ4n) is 1.89. The van der Waals surface area contributed by atoms with Gasteiger partial charge in [0.1, 0.15) is 0 Å². The van der Waals surface area contributed by atoms with Crippen molar-refractivity contribution in [3.8, 4) is 0 Å². The molecule has 0 aliphatic heterocycles. The zero-order valence-electron chi connectivity index (χ0n) is 10.5. The Kier molecular flexibility index (Phi) is 4.39. The highest BCUT2D eigenvalue weighted by atomic mass is 35.5. The molecule has 1 unspecified atom stereocenters. The second kappa shape index (κ2) is 6.03. The lowest BCUT2D eigenvalue weighted by molar-refractivity contribution is 0.645. The van der Waals surface area contributed by atoms with E-state index in [1.54, 1.807) is 12.4 Å². The standard InChI is InChI=1S/C14H18ClN3/c1-2-13(16)7-11-4-6-18(9-11)10-12-3-5-17-8-14(12)15/h3-6,8-9,13H,2,7,10,16H2,1H3. The van der Waals surface area contributed by atoms with Crippen molar-refractivity contribution in [1.29, 1.82) is 0 Å². The van der Waals surface area contributed by atoms with Crippen molar-refractivity contribution < 1.29 is 0 Å². The first kappa shape index (κ1) is 13.1. The maximum absolute atomic E-state index is 6.09. The Morgan fingerprint density at radius 1 is 1.44 bits per heavy atom. The fourth-order valence-corrected chi connectivity index (χ4v) is 2.06. The third kappa shape index (κ3) is 3.34. The van der Waals surface area contributed by atoms with E-state index in [9.17, 15) is 0 Å². The zero-order valence-corrected chi connectivity index (χ0v) is 11.3. The summed E-state index contributed by atoms with van der Waals surface area (Å²) in [5, 5.41) is 0.706. The molecule has 2 rings (SSSR count). The summed E-state index contributed by atoms with van der Waals surface area (Å²) < 4.78 is 2.12. The van der Waals surface area contributed by atoms with Crippen LogP contribution in [-0.2, 0) is 13.0 Å². The van der Waals surface area contributed by atoms with E-state index in [1.807, 2.05) is 6.07 Å². The van der Waals surface area contributed by atoms with Crippen LogP contribution in [0.5, 0.6) is 0 Å². The van der Waals surface area contributed by atoms with E-state index in [4.69, 9.17) is 17.3 Å². The van der Waals surface area contributed by atoms with E-state index >= 15 is 0 Å². The van der Waals surface area contributed by atoms with Gasteiger partial charge >= 0.3 is 0 Å². The lowest BCUT2D eigenvalue weighted by Gasteiger charge is -2.07. The van der Waals surface area contributed by atoms with Crippen LogP contribution >= 0.6 is 11.6 Å². The summed E-state index contributed by atoms with van der Waals surface area (Å²) in [5.74, 6) is 0. The van der Waals surface area contributed by atoms with Crippen LogP contribution in [-0.4, -0.2) is 15.6 Å². The number of pyridine rings is 1. The normalized spacial score (nSPS) is 12.6. The zero-order chi connectivity index (χ0) is 13.0. The Morgan fingerprint density at radius 2 is 2.28 bits per heavy atom. The summed E-state index contributed by atoms with van der Waals surface area (Å²) in [4.78, 5) is 3.98. The van der Waals surface area contributed by atoms with E-state index in [-0.39, 0.29) is 6.04 Å². The van der Waals surface area contributed by atoms with Crippen molar-refractivity contribution >= 4 is 11.6 Å². The highest BCUT2D eigenvalue weighted by molar-refractivity contribution is 6.31. The van der Waals surface area contributed by atoms with Crippen molar-refractivity contribution in [3.05, 3.63) is 53.1 Å². The molecule has 3 nitrogen and oxygen atoms in total. The van der Waals surface area contributed by atoms with Gasteiger partial charge in [0.15, 0.2) is 0 Å². The molecular formula is C14H18ClN3. The molecule has 0 spiro atoms. The minimum absolute atomic E-state index is 0.241. The Bertz CT molecular complexity index is 507. The van der Waals surface area contributed by atoms with Crippen LogP contribution in [0.3, 0.4) is 0 Å². The van der Waals surface area contributed by atoms with Gasteiger partial charge in [-0.3, -0.25) is 4.98 Å². The molecule has 0 aliphatic carbocycles. The molecule has 1 atom stereocenters. The van der Waals surface area contributed by atoms with Crippen molar-refractivity contribution in [2.24, 2.45) is 5.73 Å². The first-order valence-corrected chi connectivity index (χ1v) is 6.55. The molecule has 0 radical (unpaired) electrons. The molecule has 2 aromatic rings. The summed E-state index contributed by atoms with van der Waals surface area (Å²) >= 11 is 6.09. The van der Waals surface area contributed by atoms with Gasteiger partial charge in [-0.05, 0) is 36.1 Å². The average Bonchev–Trinajstić information content (AvgIpc) is 2.79. The summed E-state index contributed by atoms with van der Waals surface area (Å²) in [6.45, 7) is 2.88. The lowest BCUT2D eigenvalue weighted by Crippen LogP contribution is -2.21. The number of rotatable bonds is 5. The first-order chi connectivity index (χ1) is 8.69. The maximum atomic E-state index is 6.09. The fraction of sp³-hybridized carbons (Fsp3) is 0.357. The van der Waals surface area contributed by atoms with Crippen molar-refractivity contribution in [2.45, 2.75) is 32.4 Å². The summed E-state index contributed by atoms with van der Waals surface area (Å²) in [5.41, 5.74) is 8.30. The predicted octanol–water partition coefficient (Wildman–Crippen LogP) is 2.86. The summed E-state index contributed by atoms with van der Waals surface area (Å²) in [6, 6.07) is 4.30. The number of halogens is 1. The summed E-state index contributed by atoms with van der Waals surface area (Å²) in [6.07, 6.45) is 9.56. The van der Waals surface area contributed by atoms with Gasteiger partial charge in [-0.25, -0.2) is 0 Å². The third-order valence-corrected chi connectivity index (χ3v) is 3.38. The number of hydrogen-bond acceptors (Lipinski definition) is 2. The molecule has 0 saturated carbocycles. The van der Waals surface area contributed by atoms with Gasteiger partial charge in [-0.1, -0.05) is 18.5 Å². The number of nitrogens with zero attached hydrogens (tertiary/aromatic N) is 2. The quantitative estimate of drug-likeness (QED) is 0.902. The third-order valence-electron chi connectivity index (χ3n) is 3.04. The molecular weight excluding hydrogens is 246 g/mol. The minimum atomic E-state index is 0.241. The minimum Gasteiger partial charge on any atom is -0.350 e. The molecule has 0 aromatic carbocycles. The molecule has 18 heavy (non-hydrogen) atoms. The molecule has 0 saturated heterocycles. The van der Waals surface area contributed by atoms with Crippen LogP contribution in [0.15, 0.2) is 36.9 Å². The van der Waals surface area contributed by atoms with Crippen molar-refractivity contribution in [2.75, 3.05) is 0 Å². The highest BCUT2D eigenvalue weighted by Crippen LogP contribution is 2.15. The lowest BCUT2D eigenvalue weighted by atomic mass is 10.1. The second-order valence-corrected chi connectivity index (χ2v) is 4.94. The maximum Gasteiger partial charge on any atom is 0.0639 e.